The lowest BCUT2D eigenvalue weighted by molar-refractivity contribution is -0.115. The van der Waals surface area contributed by atoms with Gasteiger partial charge in [0, 0.05) is 10.7 Å². The van der Waals surface area contributed by atoms with Crippen LogP contribution in [0.4, 0.5) is 10.1 Å². The number of halogens is 2. The van der Waals surface area contributed by atoms with Gasteiger partial charge in [-0.25, -0.2) is 9.37 Å². The second kappa shape index (κ2) is 6.60. The number of thioether (sulfide) groups is 1. The lowest BCUT2D eigenvalue weighted by Gasteiger charge is -2.10. The minimum absolute atomic E-state index is 0.180. The van der Waals surface area contributed by atoms with E-state index in [9.17, 15) is 9.18 Å². The highest BCUT2D eigenvalue weighted by Gasteiger charge is 2.17. The van der Waals surface area contributed by atoms with Gasteiger partial charge in [-0.3, -0.25) is 4.79 Å². The summed E-state index contributed by atoms with van der Waals surface area (Å²) in [7, 11) is 0. The van der Waals surface area contributed by atoms with Crippen molar-refractivity contribution in [3.05, 3.63) is 53.3 Å². The molecule has 0 saturated carbocycles. The normalized spacial score (nSPS) is 12.3. The first kappa shape index (κ1) is 15.8. The number of nitrogens with zero attached hydrogens (tertiary/aromatic N) is 1. The molecule has 3 rings (SSSR count). The molecule has 1 unspecified atom stereocenters. The van der Waals surface area contributed by atoms with Crippen molar-refractivity contribution in [1.82, 2.24) is 9.97 Å². The Morgan fingerprint density at radius 1 is 1.30 bits per heavy atom. The van der Waals surface area contributed by atoms with Crippen LogP contribution in [0.2, 0.25) is 5.02 Å². The molecule has 1 amide bonds. The average Bonchev–Trinajstić information content (AvgIpc) is 2.90. The molecule has 1 atom stereocenters. The molecule has 4 nitrogen and oxygen atoms in total. The van der Waals surface area contributed by atoms with Crippen molar-refractivity contribution < 1.29 is 9.18 Å². The first-order valence-electron chi connectivity index (χ1n) is 6.89. The number of hydrogen-bond acceptors (Lipinski definition) is 3. The summed E-state index contributed by atoms with van der Waals surface area (Å²) in [5.41, 5.74) is 2.18. The second-order valence-electron chi connectivity index (χ2n) is 4.96. The standard InChI is InChI=1S/C16H13ClFN3OS/c1-9(15(22)19-12-5-3-11(18)4-6-12)23-16-20-13-7-2-10(17)8-14(13)21-16/h2-9H,1H3,(H,19,22)(H,20,21). The number of imidazole rings is 1. The van der Waals surface area contributed by atoms with Crippen LogP contribution in [0.15, 0.2) is 47.6 Å². The number of hydrogen-bond donors (Lipinski definition) is 2. The van der Waals surface area contributed by atoms with Crippen LogP contribution >= 0.6 is 23.4 Å². The van der Waals surface area contributed by atoms with Crippen LogP contribution < -0.4 is 5.32 Å². The Kier molecular flexibility index (Phi) is 4.54. The fourth-order valence-electron chi connectivity index (χ4n) is 2.01. The molecule has 0 saturated heterocycles. The van der Waals surface area contributed by atoms with E-state index in [0.717, 1.165) is 11.0 Å². The van der Waals surface area contributed by atoms with E-state index in [1.165, 1.54) is 36.0 Å². The lowest BCUT2D eigenvalue weighted by atomic mass is 10.3. The summed E-state index contributed by atoms with van der Waals surface area (Å²) in [6.07, 6.45) is 0. The number of aromatic amines is 1. The number of carbonyl (C=O) groups excluding carboxylic acids is 1. The summed E-state index contributed by atoms with van der Waals surface area (Å²) in [5, 5.41) is 3.65. The van der Waals surface area contributed by atoms with Crippen LogP contribution in [0, 0.1) is 5.82 Å². The molecule has 1 aromatic heterocycles. The molecule has 118 valence electrons. The summed E-state index contributed by atoms with van der Waals surface area (Å²) < 4.78 is 12.9. The molecule has 0 bridgehead atoms. The molecular formula is C16H13ClFN3OS. The van der Waals surface area contributed by atoms with Gasteiger partial charge in [0.15, 0.2) is 5.16 Å². The van der Waals surface area contributed by atoms with E-state index in [1.54, 1.807) is 19.1 Å². The molecule has 23 heavy (non-hydrogen) atoms. The fraction of sp³-hybridized carbons (Fsp3) is 0.125. The zero-order valence-corrected chi connectivity index (χ0v) is 13.7. The van der Waals surface area contributed by atoms with Crippen molar-refractivity contribution in [3.8, 4) is 0 Å². The van der Waals surface area contributed by atoms with Gasteiger partial charge >= 0.3 is 0 Å². The molecule has 2 N–H and O–H groups in total. The molecule has 2 aromatic carbocycles. The van der Waals surface area contributed by atoms with Crippen molar-refractivity contribution in [1.29, 1.82) is 0 Å². The Balaban J connectivity index is 1.68. The van der Waals surface area contributed by atoms with Crippen LogP contribution in [0.25, 0.3) is 11.0 Å². The molecule has 0 radical (unpaired) electrons. The van der Waals surface area contributed by atoms with Crippen LogP contribution in [-0.2, 0) is 4.79 Å². The molecule has 0 spiro atoms. The van der Waals surface area contributed by atoms with Gasteiger partial charge in [-0.05, 0) is 49.4 Å². The first-order valence-corrected chi connectivity index (χ1v) is 8.15. The largest absolute Gasteiger partial charge is 0.333 e. The van der Waals surface area contributed by atoms with Gasteiger partial charge in [0.25, 0.3) is 0 Å². The number of aromatic nitrogens is 2. The van der Waals surface area contributed by atoms with E-state index in [4.69, 9.17) is 11.6 Å². The molecule has 0 aliphatic rings. The maximum Gasteiger partial charge on any atom is 0.237 e. The highest BCUT2D eigenvalue weighted by atomic mass is 35.5. The maximum absolute atomic E-state index is 12.9. The van der Waals surface area contributed by atoms with Crippen LogP contribution in [0.1, 0.15) is 6.92 Å². The number of fused-ring (bicyclic) bond motifs is 1. The van der Waals surface area contributed by atoms with Crippen LogP contribution in [0.3, 0.4) is 0 Å². The molecule has 0 aliphatic heterocycles. The fourth-order valence-corrected chi connectivity index (χ4v) is 3.01. The van der Waals surface area contributed by atoms with Gasteiger partial charge < -0.3 is 10.3 Å². The van der Waals surface area contributed by atoms with Crippen molar-refractivity contribution >= 4 is 46.0 Å². The Morgan fingerprint density at radius 3 is 2.78 bits per heavy atom. The topological polar surface area (TPSA) is 57.8 Å². The number of H-pyrrole nitrogens is 1. The highest BCUT2D eigenvalue weighted by molar-refractivity contribution is 8.00. The number of benzene rings is 2. The minimum atomic E-state index is -0.365. The summed E-state index contributed by atoms with van der Waals surface area (Å²) >= 11 is 7.25. The van der Waals surface area contributed by atoms with Gasteiger partial charge in [0.1, 0.15) is 5.82 Å². The van der Waals surface area contributed by atoms with E-state index in [1.807, 2.05) is 6.07 Å². The summed E-state index contributed by atoms with van der Waals surface area (Å²) in [6, 6.07) is 11.0. The third-order valence-corrected chi connectivity index (χ3v) is 4.41. The molecule has 1 heterocycles. The summed E-state index contributed by atoms with van der Waals surface area (Å²) in [6.45, 7) is 1.78. The van der Waals surface area contributed by atoms with E-state index in [-0.39, 0.29) is 17.0 Å². The molecular weight excluding hydrogens is 337 g/mol. The van der Waals surface area contributed by atoms with Gasteiger partial charge in [-0.15, -0.1) is 0 Å². The monoisotopic (exact) mass is 349 g/mol. The van der Waals surface area contributed by atoms with Crippen molar-refractivity contribution in [2.75, 3.05) is 5.32 Å². The van der Waals surface area contributed by atoms with Gasteiger partial charge in [-0.1, -0.05) is 23.4 Å². The highest BCUT2D eigenvalue weighted by Crippen LogP contribution is 2.25. The third kappa shape index (κ3) is 3.83. The van der Waals surface area contributed by atoms with Crippen LogP contribution in [-0.4, -0.2) is 21.1 Å². The van der Waals surface area contributed by atoms with E-state index in [0.29, 0.717) is 15.9 Å². The molecule has 3 aromatic rings. The first-order chi connectivity index (χ1) is 11.0. The smallest absolute Gasteiger partial charge is 0.237 e. The predicted molar refractivity (Wildman–Crippen MR) is 91.5 cm³/mol. The Hall–Kier alpha value is -2.05. The minimum Gasteiger partial charge on any atom is -0.333 e. The van der Waals surface area contributed by atoms with E-state index in [2.05, 4.69) is 15.3 Å². The average molecular weight is 350 g/mol. The number of carbonyl (C=O) groups is 1. The van der Waals surface area contributed by atoms with Gasteiger partial charge in [-0.2, -0.15) is 0 Å². The summed E-state index contributed by atoms with van der Waals surface area (Å²) in [4.78, 5) is 19.7. The molecule has 0 fully saturated rings. The van der Waals surface area contributed by atoms with Crippen molar-refractivity contribution in [3.63, 3.8) is 0 Å². The number of rotatable bonds is 4. The third-order valence-electron chi connectivity index (χ3n) is 3.19. The number of amides is 1. The zero-order chi connectivity index (χ0) is 16.4. The second-order valence-corrected chi connectivity index (χ2v) is 6.73. The SMILES string of the molecule is CC(Sc1nc2ccc(Cl)cc2[nH]1)C(=O)Nc1ccc(F)cc1. The Bertz CT molecular complexity index is 850. The predicted octanol–water partition coefficient (Wildman–Crippen LogP) is 4.47. The van der Waals surface area contributed by atoms with Crippen molar-refractivity contribution in [2.45, 2.75) is 17.3 Å². The zero-order valence-electron chi connectivity index (χ0n) is 12.1. The lowest BCUT2D eigenvalue weighted by Crippen LogP contribution is -2.22. The Labute approximate surface area is 141 Å². The molecule has 0 aliphatic carbocycles. The van der Waals surface area contributed by atoms with Crippen LogP contribution in [0.5, 0.6) is 0 Å². The van der Waals surface area contributed by atoms with E-state index < -0.39 is 0 Å². The quantitative estimate of drug-likeness (QED) is 0.683. The maximum atomic E-state index is 12.9. The van der Waals surface area contributed by atoms with Crippen molar-refractivity contribution in [2.24, 2.45) is 0 Å². The van der Waals surface area contributed by atoms with Gasteiger partial charge in [0.2, 0.25) is 5.91 Å². The number of anilines is 1. The Morgan fingerprint density at radius 2 is 2.04 bits per heavy atom. The summed E-state index contributed by atoms with van der Waals surface area (Å²) in [5.74, 6) is -0.522. The van der Waals surface area contributed by atoms with E-state index >= 15 is 0 Å². The number of nitrogens with one attached hydrogen (secondary N) is 2. The molecule has 7 heteroatoms. The van der Waals surface area contributed by atoms with Gasteiger partial charge in [0.05, 0.1) is 16.3 Å².